The van der Waals surface area contributed by atoms with Gasteiger partial charge in [-0.2, -0.15) is 0 Å². The van der Waals surface area contributed by atoms with E-state index in [2.05, 4.69) is 61.1 Å². The molecule has 2 heterocycles. The van der Waals surface area contributed by atoms with Crippen molar-refractivity contribution < 1.29 is 19.0 Å². The maximum atomic E-state index is 14.3. The summed E-state index contributed by atoms with van der Waals surface area (Å²) in [6.45, 7) is 4.84. The first kappa shape index (κ1) is 34.6. The third-order valence-electron chi connectivity index (χ3n) is 7.50. The van der Waals surface area contributed by atoms with Crippen LogP contribution in [-0.4, -0.2) is 23.8 Å². The number of nitrogens with zero attached hydrogens (tertiary/aromatic N) is 2. The summed E-state index contributed by atoms with van der Waals surface area (Å²) in [5.74, 6) is 0.975. The maximum absolute atomic E-state index is 14.3. The number of carbonyl (C=O) groups excluding carboxylic acids is 1. The highest BCUT2D eigenvalue weighted by Crippen LogP contribution is 2.36. The van der Waals surface area contributed by atoms with Gasteiger partial charge in [-0.3, -0.25) is 9.36 Å². The Morgan fingerprint density at radius 2 is 1.62 bits per heavy atom. The first-order chi connectivity index (χ1) is 23.3. The smallest absolute Gasteiger partial charge is 0.338 e. The van der Waals surface area contributed by atoms with Crippen LogP contribution in [0.5, 0.6) is 11.5 Å². The molecule has 6 rings (SSSR count). The molecule has 0 saturated carbocycles. The number of hydrogen-bond donors (Lipinski definition) is 0. The molecular formula is C37H29BrI2N2O5S. The summed E-state index contributed by atoms with van der Waals surface area (Å²) < 4.78 is 22.4. The number of halogens is 3. The fraction of sp³-hybridized carbons (Fsp3) is 0.162. The number of ether oxygens (including phenoxy) is 3. The molecule has 48 heavy (non-hydrogen) atoms. The molecule has 1 atom stereocenters. The standard InChI is InChI=1S/C37H29BrI2N2O5S/c1-3-45-27-16-12-25(13-17-27)33-31(36(44)46-4-2)32(24-8-6-5-7-9-24)41-37-42(33)35(43)30(48-37)20-23-18-28(39)34(29(40)19-23)47-21-22-10-14-26(38)15-11-22/h5-20,33H,3-4,21H2,1-2H3/b30-20-/t33-/m0/s1. The highest BCUT2D eigenvalue weighted by Gasteiger charge is 2.35. The Balaban J connectivity index is 1.47. The number of hydrogen-bond acceptors (Lipinski definition) is 7. The van der Waals surface area contributed by atoms with E-state index < -0.39 is 12.0 Å². The SMILES string of the molecule is CCOC(=O)C1=C(c2ccccc2)N=c2s/c(=C\c3cc(I)c(OCc4ccc(Br)cc4)c(I)c3)c(=O)n2[C@H]1c1ccc(OCC)cc1. The molecule has 0 N–H and O–H groups in total. The highest BCUT2D eigenvalue weighted by atomic mass is 127. The minimum Gasteiger partial charge on any atom is -0.494 e. The zero-order valence-corrected chi connectivity index (χ0v) is 32.6. The quantitative estimate of drug-likeness (QED) is 0.105. The van der Waals surface area contributed by atoms with Crippen LogP contribution >= 0.6 is 72.4 Å². The van der Waals surface area contributed by atoms with E-state index in [1.807, 2.05) is 104 Å². The molecule has 0 fully saturated rings. The summed E-state index contributed by atoms with van der Waals surface area (Å²) in [5.41, 5.74) is 3.97. The van der Waals surface area contributed by atoms with Gasteiger partial charge in [-0.15, -0.1) is 0 Å². The monoisotopic (exact) mass is 946 g/mol. The molecule has 0 radical (unpaired) electrons. The molecule has 0 aliphatic carbocycles. The van der Waals surface area contributed by atoms with Gasteiger partial charge >= 0.3 is 5.97 Å². The predicted molar refractivity (Wildman–Crippen MR) is 209 cm³/mol. The average molecular weight is 947 g/mol. The molecule has 1 aliphatic rings. The zero-order chi connectivity index (χ0) is 33.8. The molecule has 1 aromatic heterocycles. The van der Waals surface area contributed by atoms with Gasteiger partial charge in [0.25, 0.3) is 5.56 Å². The van der Waals surface area contributed by atoms with Crippen molar-refractivity contribution in [3.05, 3.63) is 150 Å². The lowest BCUT2D eigenvalue weighted by Crippen LogP contribution is -2.40. The van der Waals surface area contributed by atoms with Crippen LogP contribution in [0.25, 0.3) is 11.8 Å². The second kappa shape index (κ2) is 15.5. The van der Waals surface area contributed by atoms with Crippen molar-refractivity contribution in [1.29, 1.82) is 0 Å². The van der Waals surface area contributed by atoms with Crippen LogP contribution in [0.4, 0.5) is 0 Å². The molecule has 0 amide bonds. The van der Waals surface area contributed by atoms with Crippen LogP contribution in [0.2, 0.25) is 0 Å². The summed E-state index contributed by atoms with van der Waals surface area (Å²) >= 11 is 9.31. The van der Waals surface area contributed by atoms with Gasteiger partial charge in [-0.1, -0.05) is 81.9 Å². The Hall–Kier alpha value is -3.27. The summed E-state index contributed by atoms with van der Waals surface area (Å²) in [6, 6.07) is 28.3. The molecule has 1 aliphatic heterocycles. The first-order valence-electron chi connectivity index (χ1n) is 15.1. The van der Waals surface area contributed by atoms with Gasteiger partial charge in [-0.05, 0) is 118 Å². The molecule has 0 spiro atoms. The van der Waals surface area contributed by atoms with E-state index in [1.54, 1.807) is 11.5 Å². The van der Waals surface area contributed by atoms with Gasteiger partial charge in [0.05, 0.1) is 42.2 Å². The van der Waals surface area contributed by atoms with Crippen molar-refractivity contribution in [2.24, 2.45) is 4.99 Å². The van der Waals surface area contributed by atoms with Gasteiger partial charge < -0.3 is 14.2 Å². The van der Waals surface area contributed by atoms with Crippen molar-refractivity contribution in [2.45, 2.75) is 26.5 Å². The van der Waals surface area contributed by atoms with E-state index in [0.717, 1.165) is 39.6 Å². The van der Waals surface area contributed by atoms with Crippen molar-refractivity contribution in [3.8, 4) is 11.5 Å². The lowest BCUT2D eigenvalue weighted by Gasteiger charge is -2.26. The molecule has 4 aromatic carbocycles. The van der Waals surface area contributed by atoms with Crippen LogP contribution in [-0.2, 0) is 16.1 Å². The van der Waals surface area contributed by atoms with Gasteiger partial charge in [0.1, 0.15) is 18.1 Å². The fourth-order valence-electron chi connectivity index (χ4n) is 5.36. The summed E-state index contributed by atoms with van der Waals surface area (Å²) in [6.07, 6.45) is 1.87. The Morgan fingerprint density at radius 3 is 2.27 bits per heavy atom. The Morgan fingerprint density at radius 1 is 0.938 bits per heavy atom. The van der Waals surface area contributed by atoms with Crippen LogP contribution in [0.1, 0.15) is 42.1 Å². The average Bonchev–Trinajstić information content (AvgIpc) is 3.39. The van der Waals surface area contributed by atoms with Crippen LogP contribution in [0, 0.1) is 7.14 Å². The molecule has 7 nitrogen and oxygen atoms in total. The van der Waals surface area contributed by atoms with Crippen LogP contribution < -0.4 is 24.4 Å². The third kappa shape index (κ3) is 7.48. The molecule has 5 aromatic rings. The third-order valence-corrected chi connectivity index (χ3v) is 10.6. The van der Waals surface area contributed by atoms with Crippen LogP contribution in [0.3, 0.4) is 0 Å². The van der Waals surface area contributed by atoms with E-state index in [0.29, 0.717) is 39.6 Å². The van der Waals surface area contributed by atoms with E-state index in [9.17, 15) is 9.59 Å². The molecule has 11 heteroatoms. The Labute approximate surface area is 317 Å². The van der Waals surface area contributed by atoms with Crippen LogP contribution in [0.15, 0.2) is 111 Å². The highest BCUT2D eigenvalue weighted by molar-refractivity contribution is 14.1. The van der Waals surface area contributed by atoms with Crippen molar-refractivity contribution >= 4 is 90.2 Å². The van der Waals surface area contributed by atoms with Gasteiger partial charge in [0.2, 0.25) is 0 Å². The fourth-order valence-corrected chi connectivity index (χ4v) is 8.75. The van der Waals surface area contributed by atoms with E-state index in [4.69, 9.17) is 19.2 Å². The zero-order valence-electron chi connectivity index (χ0n) is 25.9. The number of fused-ring (bicyclic) bond motifs is 1. The lowest BCUT2D eigenvalue weighted by atomic mass is 9.93. The predicted octanol–water partition coefficient (Wildman–Crippen LogP) is 7.89. The number of rotatable bonds is 10. The van der Waals surface area contributed by atoms with E-state index in [1.165, 1.54) is 11.3 Å². The molecule has 0 saturated heterocycles. The Kier molecular flexibility index (Phi) is 11.2. The minimum atomic E-state index is -0.761. The number of benzene rings is 4. The number of thiazole rings is 1. The molecule has 244 valence electrons. The summed E-state index contributed by atoms with van der Waals surface area (Å²) in [7, 11) is 0. The second-order valence-electron chi connectivity index (χ2n) is 10.7. The topological polar surface area (TPSA) is 79.1 Å². The van der Waals surface area contributed by atoms with E-state index >= 15 is 0 Å². The largest absolute Gasteiger partial charge is 0.494 e. The second-order valence-corrected chi connectivity index (χ2v) is 14.9. The molecular weight excluding hydrogens is 918 g/mol. The van der Waals surface area contributed by atoms with Crippen molar-refractivity contribution in [2.75, 3.05) is 13.2 Å². The lowest BCUT2D eigenvalue weighted by molar-refractivity contribution is -0.138. The normalized spacial score (nSPS) is 14.4. The first-order valence-corrected chi connectivity index (χ1v) is 18.9. The Bertz CT molecular complexity index is 2160. The summed E-state index contributed by atoms with van der Waals surface area (Å²) in [4.78, 5) is 33.5. The van der Waals surface area contributed by atoms with E-state index in [-0.39, 0.29) is 12.2 Å². The summed E-state index contributed by atoms with van der Waals surface area (Å²) in [5, 5.41) is 0. The van der Waals surface area contributed by atoms with Gasteiger partial charge in [0, 0.05) is 10.0 Å². The number of aromatic nitrogens is 1. The number of esters is 1. The minimum absolute atomic E-state index is 0.185. The molecule has 0 unspecified atom stereocenters. The van der Waals surface area contributed by atoms with Crippen molar-refractivity contribution in [3.63, 3.8) is 0 Å². The van der Waals surface area contributed by atoms with Gasteiger partial charge in [-0.25, -0.2) is 9.79 Å². The molecule has 0 bridgehead atoms. The number of carbonyl (C=O) groups is 1. The van der Waals surface area contributed by atoms with Gasteiger partial charge in [0.15, 0.2) is 4.80 Å². The maximum Gasteiger partial charge on any atom is 0.338 e. The van der Waals surface area contributed by atoms with Crippen molar-refractivity contribution in [1.82, 2.24) is 4.57 Å².